The van der Waals surface area contributed by atoms with E-state index in [1.807, 2.05) is 6.07 Å². The maximum absolute atomic E-state index is 11.7. The number of aromatic nitrogens is 7. The van der Waals surface area contributed by atoms with Gasteiger partial charge >= 0.3 is 5.76 Å². The summed E-state index contributed by atoms with van der Waals surface area (Å²) in [4.78, 5) is 33.3. The minimum Gasteiger partial charge on any atom is -0.384 e. The SMILES string of the molecule is C[C@H]1CC[C@H](Cn2c(N3CCO[C@H]4CCC[C@@H]43)nc3nc(-c4n[nH]c(=O)o4)nc(-c4cncc(Cl)c4)c32)CC1. The third kappa shape index (κ3) is 4.61. The first kappa shape index (κ1) is 24.7. The summed E-state index contributed by atoms with van der Waals surface area (Å²) in [7, 11) is 0. The summed E-state index contributed by atoms with van der Waals surface area (Å²) in [5, 5.41) is 6.78. The number of hydrogen-bond donors (Lipinski definition) is 1. The minimum atomic E-state index is -0.669. The molecule has 4 aromatic heterocycles. The number of hydrogen-bond acceptors (Lipinski definition) is 9. The van der Waals surface area contributed by atoms with Crippen LogP contribution in [-0.4, -0.2) is 60.0 Å². The Balaban J connectivity index is 1.44. The number of imidazole rings is 1. The molecule has 11 nitrogen and oxygen atoms in total. The molecule has 0 unspecified atom stereocenters. The maximum atomic E-state index is 11.7. The summed E-state index contributed by atoms with van der Waals surface area (Å²) in [6.45, 7) is 4.62. The van der Waals surface area contributed by atoms with Crippen LogP contribution in [0.25, 0.3) is 34.1 Å². The Hall–Kier alpha value is -3.31. The molecular weight excluding hydrogens is 520 g/mol. The fourth-order valence-corrected chi connectivity index (χ4v) is 6.70. The van der Waals surface area contributed by atoms with Crippen molar-refractivity contribution in [2.45, 2.75) is 70.6 Å². The van der Waals surface area contributed by atoms with Crippen LogP contribution in [0.3, 0.4) is 0 Å². The maximum Gasteiger partial charge on any atom is 0.434 e. The molecule has 12 heteroatoms. The number of rotatable bonds is 5. The van der Waals surface area contributed by atoms with Gasteiger partial charge in [-0.15, -0.1) is 5.10 Å². The van der Waals surface area contributed by atoms with Crippen LogP contribution < -0.4 is 10.7 Å². The van der Waals surface area contributed by atoms with E-state index in [0.717, 1.165) is 55.3 Å². The third-order valence-electron chi connectivity index (χ3n) is 8.51. The number of aromatic amines is 1. The van der Waals surface area contributed by atoms with Gasteiger partial charge < -0.3 is 18.6 Å². The quantitative estimate of drug-likeness (QED) is 0.382. The Morgan fingerprint density at radius 2 is 1.97 bits per heavy atom. The summed E-state index contributed by atoms with van der Waals surface area (Å²) < 4.78 is 13.7. The molecule has 3 aliphatic rings. The van der Waals surface area contributed by atoms with Crippen molar-refractivity contribution >= 4 is 28.7 Å². The van der Waals surface area contributed by atoms with Crippen molar-refractivity contribution in [1.29, 1.82) is 0 Å². The molecule has 5 heterocycles. The number of anilines is 1. The van der Waals surface area contributed by atoms with Crippen molar-refractivity contribution in [2.75, 3.05) is 18.1 Å². The lowest BCUT2D eigenvalue weighted by atomic mass is 9.83. The lowest BCUT2D eigenvalue weighted by Gasteiger charge is -2.39. The highest BCUT2D eigenvalue weighted by Crippen LogP contribution is 2.39. The molecule has 3 fully saturated rings. The van der Waals surface area contributed by atoms with E-state index in [1.54, 1.807) is 12.4 Å². The molecule has 7 rings (SSSR count). The van der Waals surface area contributed by atoms with Crippen LogP contribution in [0.1, 0.15) is 51.9 Å². The van der Waals surface area contributed by atoms with E-state index in [9.17, 15) is 4.79 Å². The minimum absolute atomic E-state index is 0.0118. The van der Waals surface area contributed by atoms with Crippen LogP contribution in [0.4, 0.5) is 5.95 Å². The largest absolute Gasteiger partial charge is 0.434 e. The van der Waals surface area contributed by atoms with Gasteiger partial charge in [-0.1, -0.05) is 31.4 Å². The smallest absolute Gasteiger partial charge is 0.384 e. The third-order valence-corrected chi connectivity index (χ3v) is 8.71. The molecule has 0 radical (unpaired) electrons. The van der Waals surface area contributed by atoms with Gasteiger partial charge in [0, 0.05) is 31.0 Å². The predicted octanol–water partition coefficient (Wildman–Crippen LogP) is 4.47. The van der Waals surface area contributed by atoms with Crippen molar-refractivity contribution < 1.29 is 9.15 Å². The number of H-pyrrole nitrogens is 1. The van der Waals surface area contributed by atoms with E-state index in [0.29, 0.717) is 28.9 Å². The fourth-order valence-electron chi connectivity index (χ4n) is 6.52. The monoisotopic (exact) mass is 550 g/mol. The van der Waals surface area contributed by atoms with E-state index in [1.165, 1.54) is 25.7 Å². The van der Waals surface area contributed by atoms with Crippen molar-refractivity contribution in [2.24, 2.45) is 11.8 Å². The van der Waals surface area contributed by atoms with Crippen LogP contribution in [0.2, 0.25) is 5.02 Å². The Morgan fingerprint density at radius 1 is 1.10 bits per heavy atom. The summed E-state index contributed by atoms with van der Waals surface area (Å²) in [6, 6.07) is 2.12. The van der Waals surface area contributed by atoms with E-state index < -0.39 is 5.76 Å². The van der Waals surface area contributed by atoms with Gasteiger partial charge in [0.2, 0.25) is 11.8 Å². The van der Waals surface area contributed by atoms with Gasteiger partial charge in [0.15, 0.2) is 5.65 Å². The Kier molecular flexibility index (Phi) is 6.35. The van der Waals surface area contributed by atoms with Gasteiger partial charge in [0.1, 0.15) is 11.2 Å². The molecule has 0 aromatic carbocycles. The first-order valence-corrected chi connectivity index (χ1v) is 14.2. The average Bonchev–Trinajstić information content (AvgIpc) is 3.68. The molecule has 4 aromatic rings. The molecule has 204 valence electrons. The molecule has 1 N–H and O–H groups in total. The summed E-state index contributed by atoms with van der Waals surface area (Å²) in [6.07, 6.45) is 11.7. The lowest BCUT2D eigenvalue weighted by Crippen LogP contribution is -2.49. The molecule has 0 spiro atoms. The summed E-state index contributed by atoms with van der Waals surface area (Å²) in [5.74, 6) is 1.72. The molecule has 0 amide bonds. The fraction of sp³-hybridized carbons (Fsp3) is 0.556. The first-order chi connectivity index (χ1) is 19.0. The topological polar surface area (TPSA) is 128 Å². The number of fused-ring (bicyclic) bond motifs is 2. The van der Waals surface area contributed by atoms with E-state index in [4.69, 9.17) is 35.7 Å². The second-order valence-corrected chi connectivity index (χ2v) is 11.6. The van der Waals surface area contributed by atoms with E-state index in [2.05, 4.69) is 31.6 Å². The van der Waals surface area contributed by atoms with Crippen molar-refractivity contribution in [3.8, 4) is 23.0 Å². The molecule has 2 saturated carbocycles. The second-order valence-electron chi connectivity index (χ2n) is 11.1. The number of morpholine rings is 1. The number of nitrogens with zero attached hydrogens (tertiary/aromatic N) is 7. The number of nitrogens with one attached hydrogen (secondary N) is 1. The summed E-state index contributed by atoms with van der Waals surface area (Å²) in [5.41, 5.74) is 2.73. The van der Waals surface area contributed by atoms with Crippen molar-refractivity contribution in [3.05, 3.63) is 34.0 Å². The van der Waals surface area contributed by atoms with Crippen LogP contribution in [0.5, 0.6) is 0 Å². The van der Waals surface area contributed by atoms with Crippen molar-refractivity contribution in [1.82, 2.24) is 34.7 Å². The first-order valence-electron chi connectivity index (χ1n) is 13.9. The number of halogens is 1. The van der Waals surface area contributed by atoms with E-state index in [-0.39, 0.29) is 23.9 Å². The number of ether oxygens (including phenoxy) is 1. The zero-order chi connectivity index (χ0) is 26.5. The Bertz CT molecular complexity index is 1560. The van der Waals surface area contributed by atoms with Crippen LogP contribution in [0, 0.1) is 11.8 Å². The molecule has 1 aliphatic heterocycles. The Morgan fingerprint density at radius 3 is 2.77 bits per heavy atom. The van der Waals surface area contributed by atoms with Gasteiger partial charge in [-0.25, -0.2) is 19.9 Å². The van der Waals surface area contributed by atoms with Crippen molar-refractivity contribution in [3.63, 3.8) is 0 Å². The molecule has 0 bridgehead atoms. The highest BCUT2D eigenvalue weighted by molar-refractivity contribution is 6.30. The lowest BCUT2D eigenvalue weighted by molar-refractivity contribution is 0.0247. The van der Waals surface area contributed by atoms with Gasteiger partial charge in [0.25, 0.3) is 5.89 Å². The zero-order valence-corrected chi connectivity index (χ0v) is 22.6. The van der Waals surface area contributed by atoms with Gasteiger partial charge in [-0.05, 0) is 50.0 Å². The average molecular weight is 551 g/mol. The standard InChI is InChI=1S/C27H31ClN8O3/c1-15-5-7-16(8-6-15)14-36-22-21(17-11-18(28)13-29-12-17)30-24(25-33-34-27(37)39-25)31-23(22)32-26(36)35-9-10-38-20-4-2-3-19(20)35/h11-13,15-16,19-20H,2-10,14H2,1H3,(H,34,37)/t15-,16-,19-,20-/m0/s1. The van der Waals surface area contributed by atoms with Crippen LogP contribution in [0.15, 0.2) is 27.7 Å². The normalized spacial score (nSPS) is 25.3. The van der Waals surface area contributed by atoms with E-state index >= 15 is 0 Å². The predicted molar refractivity (Wildman–Crippen MR) is 146 cm³/mol. The molecule has 39 heavy (non-hydrogen) atoms. The molecular formula is C27H31ClN8O3. The zero-order valence-electron chi connectivity index (χ0n) is 21.8. The highest BCUT2D eigenvalue weighted by atomic mass is 35.5. The highest BCUT2D eigenvalue weighted by Gasteiger charge is 2.39. The Labute approximate surface area is 230 Å². The molecule has 2 aliphatic carbocycles. The second kappa shape index (κ2) is 10.0. The van der Waals surface area contributed by atoms with Gasteiger partial charge in [-0.3, -0.25) is 4.98 Å². The van der Waals surface area contributed by atoms with Gasteiger partial charge in [-0.2, -0.15) is 4.98 Å². The number of pyridine rings is 1. The molecule has 2 atom stereocenters. The van der Waals surface area contributed by atoms with Crippen LogP contribution >= 0.6 is 11.6 Å². The summed E-state index contributed by atoms with van der Waals surface area (Å²) >= 11 is 6.38. The van der Waals surface area contributed by atoms with Gasteiger partial charge in [0.05, 0.1) is 23.8 Å². The molecule has 1 saturated heterocycles. The van der Waals surface area contributed by atoms with Crippen LogP contribution in [-0.2, 0) is 11.3 Å².